The molecule has 182 valence electrons. The summed E-state index contributed by atoms with van der Waals surface area (Å²) in [5.41, 5.74) is 3.20. The van der Waals surface area contributed by atoms with Crippen LogP contribution in [0, 0.1) is 11.8 Å². The van der Waals surface area contributed by atoms with Gasteiger partial charge in [0.1, 0.15) is 23.8 Å². The van der Waals surface area contributed by atoms with Crippen molar-refractivity contribution in [2.24, 2.45) is 0 Å². The van der Waals surface area contributed by atoms with Crippen molar-refractivity contribution in [1.29, 1.82) is 0 Å². The van der Waals surface area contributed by atoms with Crippen molar-refractivity contribution in [2.45, 2.75) is 25.7 Å². The maximum Gasteiger partial charge on any atom is 0.319 e. The highest BCUT2D eigenvalue weighted by atomic mass is 127. The number of likely N-dealkylation sites (tertiary alicyclic amines) is 1. The summed E-state index contributed by atoms with van der Waals surface area (Å²) in [4.78, 5) is 19.7. The molecule has 2 unspecified atom stereocenters. The van der Waals surface area contributed by atoms with E-state index in [4.69, 9.17) is 9.26 Å². The van der Waals surface area contributed by atoms with Crippen LogP contribution in [0.25, 0.3) is 11.1 Å². The number of amides is 2. The number of carbonyl (C=O) groups is 1. The van der Waals surface area contributed by atoms with E-state index in [-0.39, 0.29) is 18.2 Å². The van der Waals surface area contributed by atoms with Gasteiger partial charge in [-0.05, 0) is 64.4 Å². The van der Waals surface area contributed by atoms with E-state index in [2.05, 4.69) is 63.1 Å². The Balaban J connectivity index is 1.30. The Kier molecular flexibility index (Phi) is 8.66. The van der Waals surface area contributed by atoms with Crippen LogP contribution >= 0.6 is 28.5 Å². The third kappa shape index (κ3) is 6.54. The number of imidazole rings is 1. The smallest absolute Gasteiger partial charge is 0.319 e. The van der Waals surface area contributed by atoms with Gasteiger partial charge in [0.15, 0.2) is 0 Å². The molecule has 0 spiro atoms. The number of benzene rings is 2. The Morgan fingerprint density at radius 1 is 1.17 bits per heavy atom. The highest BCUT2D eigenvalue weighted by Crippen LogP contribution is 2.30. The monoisotopic (exact) mass is 602 g/mol. The number of hydrogen-bond acceptors (Lipinski definition) is 4. The summed E-state index contributed by atoms with van der Waals surface area (Å²) in [6.45, 7) is 4.21. The van der Waals surface area contributed by atoms with Crippen molar-refractivity contribution in [1.82, 2.24) is 19.4 Å². The number of hydrogen-bond donors (Lipinski definition) is 0. The van der Waals surface area contributed by atoms with E-state index in [1.807, 2.05) is 42.0 Å². The zero-order valence-corrected chi connectivity index (χ0v) is 23.1. The van der Waals surface area contributed by atoms with Crippen LogP contribution in [0.15, 0.2) is 60.9 Å². The molecule has 1 aliphatic rings. The van der Waals surface area contributed by atoms with Crippen molar-refractivity contribution in [3.63, 3.8) is 0 Å². The predicted molar refractivity (Wildman–Crippen MR) is 148 cm³/mol. The standard InChI is InChI=1S/C26H28IN4O3P/c1-19(34-35-27)25-28-14-16-30(25)15-4-5-20-6-8-21(9-7-20)22-10-12-23(13-11-22)33-24-17-31(18-24)26(32)29(2)3/h6-14,16,19,24,35H,15,17-18H2,1-3H3. The van der Waals surface area contributed by atoms with Gasteiger partial charge in [0.05, 0.1) is 26.1 Å². The lowest BCUT2D eigenvalue weighted by atomic mass is 10.0. The van der Waals surface area contributed by atoms with Crippen LogP contribution in [0.5, 0.6) is 5.75 Å². The van der Waals surface area contributed by atoms with Crippen molar-refractivity contribution in [2.75, 3.05) is 27.2 Å². The number of nitrogens with zero attached hydrogens (tertiary/aromatic N) is 4. The van der Waals surface area contributed by atoms with Crippen LogP contribution < -0.4 is 4.74 Å². The first-order valence-electron chi connectivity index (χ1n) is 11.3. The molecule has 7 nitrogen and oxygen atoms in total. The average molecular weight is 602 g/mol. The minimum atomic E-state index is -0.0474. The molecule has 9 heteroatoms. The lowest BCUT2D eigenvalue weighted by Gasteiger charge is -2.40. The number of ether oxygens (including phenoxy) is 1. The maximum absolute atomic E-state index is 11.9. The van der Waals surface area contributed by atoms with E-state index in [9.17, 15) is 4.79 Å². The Labute approximate surface area is 221 Å². The highest BCUT2D eigenvalue weighted by molar-refractivity contribution is 14.2. The van der Waals surface area contributed by atoms with Gasteiger partial charge in [-0.1, -0.05) is 36.1 Å². The summed E-state index contributed by atoms with van der Waals surface area (Å²) in [5, 5.41) is 0. The fraction of sp³-hybridized carbons (Fsp3) is 0.308. The van der Waals surface area contributed by atoms with Crippen molar-refractivity contribution in [3.05, 3.63) is 72.3 Å². The molecule has 2 amide bonds. The predicted octanol–water partition coefficient (Wildman–Crippen LogP) is 5.37. The molecular weight excluding hydrogens is 574 g/mol. The van der Waals surface area contributed by atoms with Crippen LogP contribution in [-0.2, 0) is 11.1 Å². The summed E-state index contributed by atoms with van der Waals surface area (Å²) in [6.07, 6.45) is 3.71. The van der Waals surface area contributed by atoms with E-state index in [0.29, 0.717) is 26.1 Å². The quantitative estimate of drug-likeness (QED) is 0.208. The molecule has 1 fully saturated rings. The topological polar surface area (TPSA) is 59.8 Å². The second-order valence-corrected chi connectivity index (χ2v) is 10.2. The van der Waals surface area contributed by atoms with E-state index in [1.54, 1.807) is 30.1 Å². The molecule has 0 radical (unpaired) electrons. The fourth-order valence-corrected chi connectivity index (χ4v) is 5.16. The first-order chi connectivity index (χ1) is 16.9. The number of urea groups is 1. The Morgan fingerprint density at radius 2 is 1.83 bits per heavy atom. The Hall–Kier alpha value is -2.60. The minimum absolute atomic E-state index is 0.0241. The molecule has 1 aromatic heterocycles. The largest absolute Gasteiger partial charge is 0.487 e. The second kappa shape index (κ2) is 11.9. The van der Waals surface area contributed by atoms with Gasteiger partial charge in [0, 0.05) is 32.1 Å². The molecule has 2 atom stereocenters. The van der Waals surface area contributed by atoms with Crippen LogP contribution in [0.4, 0.5) is 4.79 Å². The summed E-state index contributed by atoms with van der Waals surface area (Å²) in [5.74, 6) is 8.17. The third-order valence-corrected chi connectivity index (χ3v) is 6.90. The minimum Gasteiger partial charge on any atom is -0.487 e. The third-order valence-electron chi connectivity index (χ3n) is 5.69. The second-order valence-electron chi connectivity index (χ2n) is 8.48. The van der Waals surface area contributed by atoms with Crippen LogP contribution in [0.2, 0.25) is 0 Å². The van der Waals surface area contributed by atoms with Gasteiger partial charge in [0.2, 0.25) is 0 Å². The molecule has 0 saturated carbocycles. The van der Waals surface area contributed by atoms with Crippen LogP contribution in [-0.4, -0.2) is 58.7 Å². The fourth-order valence-electron chi connectivity index (χ4n) is 3.78. The number of rotatable bonds is 7. The molecule has 2 heterocycles. The average Bonchev–Trinajstić information content (AvgIpc) is 3.30. The molecule has 0 N–H and O–H groups in total. The highest BCUT2D eigenvalue weighted by Gasteiger charge is 2.33. The maximum atomic E-state index is 11.9. The van der Waals surface area contributed by atoms with Gasteiger partial charge < -0.3 is 23.6 Å². The summed E-state index contributed by atoms with van der Waals surface area (Å²) < 4.78 is 13.7. The van der Waals surface area contributed by atoms with Gasteiger partial charge in [0.25, 0.3) is 0 Å². The van der Waals surface area contributed by atoms with Gasteiger partial charge in [-0.25, -0.2) is 9.78 Å². The molecule has 0 bridgehead atoms. The molecule has 35 heavy (non-hydrogen) atoms. The van der Waals surface area contributed by atoms with Crippen molar-refractivity contribution < 1.29 is 14.1 Å². The van der Waals surface area contributed by atoms with Crippen molar-refractivity contribution >= 4 is 34.5 Å². The van der Waals surface area contributed by atoms with Gasteiger partial charge in [-0.3, -0.25) is 0 Å². The lowest BCUT2D eigenvalue weighted by molar-refractivity contribution is 0.0356. The molecule has 0 aliphatic carbocycles. The molecule has 1 saturated heterocycles. The molecular formula is C26H28IN4O3P. The molecule has 3 aromatic rings. The number of aromatic nitrogens is 2. The SMILES string of the molecule is CC(OPI)c1nccn1CC#Cc1ccc(-c2ccc(OC3CN(C(=O)N(C)C)C3)cc2)cc1. The first-order valence-corrected chi connectivity index (χ1v) is 15.3. The van der Waals surface area contributed by atoms with Gasteiger partial charge in [-0.15, -0.1) is 0 Å². The van der Waals surface area contributed by atoms with Crippen molar-refractivity contribution in [3.8, 4) is 28.7 Å². The summed E-state index contributed by atoms with van der Waals surface area (Å²) in [6, 6.07) is 16.3. The summed E-state index contributed by atoms with van der Waals surface area (Å²) in [7, 11) is 3.52. The van der Waals surface area contributed by atoms with Gasteiger partial charge in [-0.2, -0.15) is 0 Å². The first kappa shape index (κ1) is 25.5. The number of halogens is 1. The molecule has 2 aromatic carbocycles. The molecule has 1 aliphatic heterocycles. The van der Waals surface area contributed by atoms with E-state index >= 15 is 0 Å². The van der Waals surface area contributed by atoms with Gasteiger partial charge >= 0.3 is 6.03 Å². The van der Waals surface area contributed by atoms with E-state index in [0.717, 1.165) is 28.3 Å². The Bertz CT molecular complexity index is 1200. The number of carbonyl (C=O) groups excluding carboxylic acids is 1. The molecule has 4 rings (SSSR count). The summed E-state index contributed by atoms with van der Waals surface area (Å²) >= 11 is 2.22. The normalized spacial score (nSPS) is 14.3. The van der Waals surface area contributed by atoms with Crippen LogP contribution in [0.3, 0.4) is 0 Å². The lowest BCUT2D eigenvalue weighted by Crippen LogP contribution is -2.58. The van der Waals surface area contributed by atoms with Crippen LogP contribution in [0.1, 0.15) is 24.4 Å². The zero-order valence-electron chi connectivity index (χ0n) is 19.9. The zero-order chi connectivity index (χ0) is 24.8. The van der Waals surface area contributed by atoms with E-state index < -0.39 is 0 Å². The Morgan fingerprint density at radius 3 is 2.46 bits per heavy atom. The van der Waals surface area contributed by atoms with E-state index in [1.165, 1.54) is 0 Å².